The summed E-state index contributed by atoms with van der Waals surface area (Å²) in [7, 11) is 0. The lowest BCUT2D eigenvalue weighted by Gasteiger charge is -2.14. The van der Waals surface area contributed by atoms with E-state index < -0.39 is 5.82 Å². The average Bonchev–Trinajstić information content (AvgIpc) is 2.57. The van der Waals surface area contributed by atoms with Gasteiger partial charge in [0, 0.05) is 11.6 Å². The first-order valence-electron chi connectivity index (χ1n) is 8.66. The summed E-state index contributed by atoms with van der Waals surface area (Å²) in [6.45, 7) is 7.15. The zero-order valence-corrected chi connectivity index (χ0v) is 18.7. The van der Waals surface area contributed by atoms with E-state index in [1.165, 1.54) is 6.07 Å². The van der Waals surface area contributed by atoms with Crippen LogP contribution >= 0.6 is 31.9 Å². The second kappa shape index (κ2) is 13.1. The SMILES string of the molecule is CCc1cc(OCC=C(Br)Br)cc(F)c1OCCCCCON=C(C)C. The Morgan fingerprint density at radius 2 is 1.85 bits per heavy atom. The van der Waals surface area contributed by atoms with Gasteiger partial charge < -0.3 is 14.3 Å². The van der Waals surface area contributed by atoms with Crippen molar-refractivity contribution in [3.05, 3.63) is 33.0 Å². The highest BCUT2D eigenvalue weighted by molar-refractivity contribution is 9.28. The minimum Gasteiger partial charge on any atom is -0.490 e. The summed E-state index contributed by atoms with van der Waals surface area (Å²) < 4.78 is 26.4. The van der Waals surface area contributed by atoms with E-state index in [0.717, 1.165) is 33.9 Å². The van der Waals surface area contributed by atoms with Crippen molar-refractivity contribution in [1.82, 2.24) is 0 Å². The predicted molar refractivity (Wildman–Crippen MR) is 111 cm³/mol. The Morgan fingerprint density at radius 1 is 1.12 bits per heavy atom. The summed E-state index contributed by atoms with van der Waals surface area (Å²) in [6.07, 6.45) is 5.14. The molecule has 0 aliphatic carbocycles. The largest absolute Gasteiger partial charge is 0.490 e. The molecule has 0 spiro atoms. The molecule has 0 aromatic heterocycles. The van der Waals surface area contributed by atoms with Crippen molar-refractivity contribution < 1.29 is 18.7 Å². The summed E-state index contributed by atoms with van der Waals surface area (Å²) in [5.74, 6) is 0.421. The van der Waals surface area contributed by atoms with Crippen LogP contribution in [0, 0.1) is 5.82 Å². The van der Waals surface area contributed by atoms with Crippen LogP contribution in [0.5, 0.6) is 11.5 Å². The van der Waals surface area contributed by atoms with Crippen molar-refractivity contribution in [3.8, 4) is 11.5 Å². The first-order valence-corrected chi connectivity index (χ1v) is 10.2. The lowest BCUT2D eigenvalue weighted by atomic mass is 10.1. The number of ether oxygens (including phenoxy) is 2. The molecule has 0 aliphatic rings. The molecule has 0 unspecified atom stereocenters. The molecular formula is C19H26Br2FNO3. The molecule has 0 saturated heterocycles. The molecule has 1 aromatic carbocycles. The molecule has 0 N–H and O–H groups in total. The van der Waals surface area contributed by atoms with Crippen LogP contribution in [0.15, 0.2) is 26.8 Å². The van der Waals surface area contributed by atoms with E-state index in [1.54, 1.807) is 6.08 Å². The van der Waals surface area contributed by atoms with Crippen LogP contribution in [-0.4, -0.2) is 25.5 Å². The van der Waals surface area contributed by atoms with Crippen molar-refractivity contribution in [2.75, 3.05) is 19.8 Å². The highest BCUT2D eigenvalue weighted by Gasteiger charge is 2.12. The molecule has 1 aromatic rings. The molecule has 0 aliphatic heterocycles. The minimum atomic E-state index is -0.391. The summed E-state index contributed by atoms with van der Waals surface area (Å²) in [4.78, 5) is 5.14. The van der Waals surface area contributed by atoms with E-state index in [4.69, 9.17) is 14.3 Å². The normalized spacial score (nSPS) is 10.2. The number of unbranched alkanes of at least 4 members (excludes halogenated alkanes) is 2. The third-order valence-corrected chi connectivity index (χ3v) is 3.98. The third kappa shape index (κ3) is 9.57. The van der Waals surface area contributed by atoms with Gasteiger partial charge in [-0.25, -0.2) is 4.39 Å². The van der Waals surface area contributed by atoms with Crippen molar-refractivity contribution in [3.63, 3.8) is 0 Å². The lowest BCUT2D eigenvalue weighted by Crippen LogP contribution is -2.04. The first-order chi connectivity index (χ1) is 12.4. The van der Waals surface area contributed by atoms with Crippen molar-refractivity contribution in [2.45, 2.75) is 46.5 Å². The number of hydrogen-bond donors (Lipinski definition) is 0. The Morgan fingerprint density at radius 3 is 2.50 bits per heavy atom. The van der Waals surface area contributed by atoms with Crippen LogP contribution in [0.4, 0.5) is 4.39 Å². The van der Waals surface area contributed by atoms with Gasteiger partial charge >= 0.3 is 0 Å². The molecule has 7 heteroatoms. The van der Waals surface area contributed by atoms with E-state index in [2.05, 4.69) is 37.0 Å². The zero-order chi connectivity index (χ0) is 19.4. The summed E-state index contributed by atoms with van der Waals surface area (Å²) in [5.41, 5.74) is 1.71. The van der Waals surface area contributed by atoms with E-state index in [9.17, 15) is 4.39 Å². The number of nitrogens with zero attached hydrogens (tertiary/aromatic N) is 1. The summed E-state index contributed by atoms with van der Waals surface area (Å²) in [5, 5.41) is 3.88. The monoisotopic (exact) mass is 493 g/mol. The van der Waals surface area contributed by atoms with Crippen LogP contribution in [0.2, 0.25) is 0 Å². The van der Waals surface area contributed by atoms with Gasteiger partial charge in [0.25, 0.3) is 0 Å². The highest BCUT2D eigenvalue weighted by atomic mass is 79.9. The van der Waals surface area contributed by atoms with Gasteiger partial charge in [0.15, 0.2) is 11.6 Å². The molecular weight excluding hydrogens is 469 g/mol. The maximum absolute atomic E-state index is 14.4. The Hall–Kier alpha value is -1.08. The number of rotatable bonds is 12. The standard InChI is InChI=1S/C19H26Br2FNO3/c1-4-15-12-16(24-11-8-18(20)21)13-17(22)19(15)25-9-6-5-7-10-26-23-14(2)3/h8,12-13H,4-7,9-11H2,1-3H3. The molecule has 0 bridgehead atoms. The van der Waals surface area contributed by atoms with E-state index in [0.29, 0.717) is 37.7 Å². The molecule has 0 atom stereocenters. The van der Waals surface area contributed by atoms with E-state index in [1.807, 2.05) is 26.8 Å². The second-order valence-corrected chi connectivity index (χ2v) is 8.61. The van der Waals surface area contributed by atoms with Gasteiger partial charge in [0.2, 0.25) is 0 Å². The molecule has 0 saturated carbocycles. The van der Waals surface area contributed by atoms with Crippen LogP contribution in [0.25, 0.3) is 0 Å². The second-order valence-electron chi connectivity index (χ2n) is 5.83. The van der Waals surface area contributed by atoms with Crippen LogP contribution in [0.1, 0.15) is 45.6 Å². The van der Waals surface area contributed by atoms with Crippen LogP contribution in [-0.2, 0) is 11.3 Å². The predicted octanol–water partition coefficient (Wildman–Crippen LogP) is 6.36. The smallest absolute Gasteiger partial charge is 0.169 e. The maximum Gasteiger partial charge on any atom is 0.169 e. The highest BCUT2D eigenvalue weighted by Crippen LogP contribution is 2.29. The molecule has 0 heterocycles. The number of aryl methyl sites for hydroxylation is 1. The Kier molecular flexibility index (Phi) is 11.6. The zero-order valence-electron chi connectivity index (χ0n) is 15.5. The van der Waals surface area contributed by atoms with Gasteiger partial charge in [-0.2, -0.15) is 0 Å². The van der Waals surface area contributed by atoms with Gasteiger partial charge in [0.1, 0.15) is 19.0 Å². The summed E-state index contributed by atoms with van der Waals surface area (Å²) >= 11 is 6.51. The molecule has 26 heavy (non-hydrogen) atoms. The Labute approximate surface area is 172 Å². The summed E-state index contributed by atoms with van der Waals surface area (Å²) in [6, 6.07) is 3.19. The Bertz CT molecular complexity index is 613. The quantitative estimate of drug-likeness (QED) is 0.193. The van der Waals surface area contributed by atoms with E-state index >= 15 is 0 Å². The molecule has 0 amide bonds. The minimum absolute atomic E-state index is 0.319. The number of benzene rings is 1. The number of halogens is 3. The van der Waals surface area contributed by atoms with Crippen LogP contribution in [0.3, 0.4) is 0 Å². The van der Waals surface area contributed by atoms with Crippen molar-refractivity contribution >= 4 is 37.6 Å². The van der Waals surface area contributed by atoms with Crippen molar-refractivity contribution in [1.29, 1.82) is 0 Å². The lowest BCUT2D eigenvalue weighted by molar-refractivity contribution is 0.138. The molecule has 0 radical (unpaired) electrons. The molecule has 4 nitrogen and oxygen atoms in total. The maximum atomic E-state index is 14.4. The van der Waals surface area contributed by atoms with Crippen LogP contribution < -0.4 is 9.47 Å². The topological polar surface area (TPSA) is 40.0 Å². The van der Waals surface area contributed by atoms with Gasteiger partial charge in [-0.05, 0) is 83.5 Å². The van der Waals surface area contributed by atoms with Gasteiger partial charge in [-0.3, -0.25) is 0 Å². The number of oxime groups is 1. The third-order valence-electron chi connectivity index (χ3n) is 3.34. The van der Waals surface area contributed by atoms with Gasteiger partial charge in [-0.1, -0.05) is 12.1 Å². The molecule has 146 valence electrons. The fraction of sp³-hybridized carbons (Fsp3) is 0.526. The van der Waals surface area contributed by atoms with Crippen molar-refractivity contribution in [2.24, 2.45) is 5.16 Å². The van der Waals surface area contributed by atoms with Gasteiger partial charge in [0.05, 0.1) is 15.7 Å². The number of hydrogen-bond acceptors (Lipinski definition) is 4. The fourth-order valence-corrected chi connectivity index (χ4v) is 2.39. The molecule has 0 fully saturated rings. The van der Waals surface area contributed by atoms with Gasteiger partial charge in [-0.15, -0.1) is 0 Å². The average molecular weight is 495 g/mol. The van der Waals surface area contributed by atoms with E-state index in [-0.39, 0.29) is 0 Å². The first kappa shape index (κ1) is 23.0. The molecule has 1 rings (SSSR count). The Balaban J connectivity index is 2.46. The fourth-order valence-electron chi connectivity index (χ4n) is 2.13.